The van der Waals surface area contributed by atoms with Crippen molar-refractivity contribution in [2.45, 2.75) is 46.1 Å². The second-order valence-corrected chi connectivity index (χ2v) is 6.01. The number of rotatable bonds is 3. The zero-order valence-electron chi connectivity index (χ0n) is 11.9. The second kappa shape index (κ2) is 4.88. The van der Waals surface area contributed by atoms with E-state index in [2.05, 4.69) is 42.7 Å². The van der Waals surface area contributed by atoms with Crippen LogP contribution in [-0.2, 0) is 4.74 Å². The maximum absolute atomic E-state index is 5.54. The molecule has 1 aliphatic rings. The summed E-state index contributed by atoms with van der Waals surface area (Å²) in [4.78, 5) is 6.62. The van der Waals surface area contributed by atoms with Crippen LogP contribution < -0.4 is 4.90 Å². The Balaban J connectivity index is 2.10. The van der Waals surface area contributed by atoms with Gasteiger partial charge in [0.05, 0.1) is 6.10 Å². The highest BCUT2D eigenvalue weighted by molar-refractivity contribution is 5.28. The van der Waals surface area contributed by atoms with E-state index in [1.54, 1.807) is 7.11 Å². The monoisotopic (exact) mass is 253 g/mol. The average Bonchev–Trinajstić information content (AvgIpc) is 2.77. The summed E-state index contributed by atoms with van der Waals surface area (Å²) in [7, 11) is 1.78. The first-order valence-corrected chi connectivity index (χ1v) is 6.55. The molecule has 0 saturated carbocycles. The fourth-order valence-electron chi connectivity index (χ4n) is 2.53. The fraction of sp³-hybridized carbons (Fsp3) is 0.846. The van der Waals surface area contributed by atoms with Crippen molar-refractivity contribution < 1.29 is 9.26 Å². The molecule has 0 aliphatic carbocycles. The Labute approximate surface area is 108 Å². The Kier molecular flexibility index (Phi) is 3.61. The lowest BCUT2D eigenvalue weighted by molar-refractivity contribution is -0.00738. The van der Waals surface area contributed by atoms with Crippen LogP contribution in [-0.4, -0.2) is 36.4 Å². The molecule has 1 aromatic heterocycles. The van der Waals surface area contributed by atoms with E-state index in [9.17, 15) is 0 Å². The van der Waals surface area contributed by atoms with E-state index in [1.807, 2.05) is 0 Å². The third-order valence-electron chi connectivity index (χ3n) is 3.63. The molecule has 0 bridgehead atoms. The van der Waals surface area contributed by atoms with E-state index >= 15 is 0 Å². The molecular formula is C13H23N3O2. The largest absolute Gasteiger partial charge is 0.381 e. The second-order valence-electron chi connectivity index (χ2n) is 6.01. The van der Waals surface area contributed by atoms with Crippen LogP contribution in [0.25, 0.3) is 0 Å². The van der Waals surface area contributed by atoms with Crippen molar-refractivity contribution in [3.05, 3.63) is 5.82 Å². The number of hydrogen-bond donors (Lipinski definition) is 0. The predicted octanol–water partition coefficient (Wildman–Crippen LogP) is 2.44. The number of piperidine rings is 1. The summed E-state index contributed by atoms with van der Waals surface area (Å²) in [5.41, 5.74) is 0.0967. The van der Waals surface area contributed by atoms with Gasteiger partial charge in [0, 0.05) is 31.5 Å². The molecule has 1 unspecified atom stereocenters. The van der Waals surface area contributed by atoms with Crippen molar-refractivity contribution in [3.8, 4) is 0 Å². The summed E-state index contributed by atoms with van der Waals surface area (Å²) >= 11 is 0. The molecule has 102 valence electrons. The quantitative estimate of drug-likeness (QED) is 0.828. The number of methoxy groups -OCH3 is 1. The summed E-state index contributed by atoms with van der Waals surface area (Å²) in [5.74, 6) is 1.07. The van der Waals surface area contributed by atoms with Crippen LogP contribution in [0.2, 0.25) is 0 Å². The molecule has 5 nitrogen and oxygen atoms in total. The van der Waals surface area contributed by atoms with Gasteiger partial charge < -0.3 is 14.2 Å². The highest BCUT2D eigenvalue weighted by Gasteiger charge is 2.37. The molecule has 1 saturated heterocycles. The van der Waals surface area contributed by atoms with Crippen LogP contribution in [0.5, 0.6) is 0 Å². The van der Waals surface area contributed by atoms with E-state index in [-0.39, 0.29) is 5.41 Å². The van der Waals surface area contributed by atoms with Crippen molar-refractivity contribution in [1.82, 2.24) is 10.1 Å². The molecule has 0 aromatic carbocycles. The van der Waals surface area contributed by atoms with Crippen LogP contribution in [0.1, 0.15) is 45.9 Å². The molecule has 0 N–H and O–H groups in total. The molecule has 0 amide bonds. The van der Waals surface area contributed by atoms with E-state index in [4.69, 9.17) is 9.26 Å². The van der Waals surface area contributed by atoms with Gasteiger partial charge in [-0.15, -0.1) is 0 Å². The zero-order chi connectivity index (χ0) is 13.3. The Hall–Kier alpha value is -1.10. The van der Waals surface area contributed by atoms with Gasteiger partial charge in [-0.05, 0) is 6.42 Å². The molecule has 2 rings (SSSR count). The lowest BCUT2D eigenvalue weighted by Gasteiger charge is -2.42. The highest BCUT2D eigenvalue weighted by Crippen LogP contribution is 2.33. The summed E-state index contributed by atoms with van der Waals surface area (Å²) in [5, 5.41) is 4.02. The maximum atomic E-state index is 5.54. The van der Waals surface area contributed by atoms with Gasteiger partial charge in [-0.1, -0.05) is 32.9 Å². The maximum Gasteiger partial charge on any atom is 0.324 e. The summed E-state index contributed by atoms with van der Waals surface area (Å²) < 4.78 is 10.9. The molecule has 1 aliphatic heterocycles. The van der Waals surface area contributed by atoms with Gasteiger partial charge in [0.2, 0.25) is 0 Å². The first-order valence-electron chi connectivity index (χ1n) is 6.55. The molecule has 1 fully saturated rings. The first-order chi connectivity index (χ1) is 8.44. The fourth-order valence-corrected chi connectivity index (χ4v) is 2.53. The third-order valence-corrected chi connectivity index (χ3v) is 3.63. The molecular weight excluding hydrogens is 230 g/mol. The van der Waals surface area contributed by atoms with Crippen LogP contribution in [0.15, 0.2) is 4.52 Å². The SMILES string of the molecule is COC1CCN(c2nc(C(C)C)no2)CC1(C)C. The van der Waals surface area contributed by atoms with Crippen molar-refractivity contribution in [2.75, 3.05) is 25.1 Å². The van der Waals surface area contributed by atoms with Crippen molar-refractivity contribution in [1.29, 1.82) is 0 Å². The standard InChI is InChI=1S/C13H23N3O2/c1-9(2)11-14-12(18-15-11)16-7-6-10(17-5)13(3,4)8-16/h9-10H,6-8H2,1-5H3. The molecule has 1 aromatic rings. The summed E-state index contributed by atoms with van der Waals surface area (Å²) in [6.45, 7) is 10.3. The summed E-state index contributed by atoms with van der Waals surface area (Å²) in [6, 6.07) is 0.640. The van der Waals surface area contributed by atoms with Crippen LogP contribution in [0.4, 0.5) is 6.01 Å². The smallest absolute Gasteiger partial charge is 0.324 e. The number of hydrogen-bond acceptors (Lipinski definition) is 5. The van der Waals surface area contributed by atoms with Gasteiger partial charge in [0.15, 0.2) is 5.82 Å². The van der Waals surface area contributed by atoms with Gasteiger partial charge in [-0.2, -0.15) is 4.98 Å². The lowest BCUT2D eigenvalue weighted by atomic mass is 9.81. The molecule has 0 radical (unpaired) electrons. The third kappa shape index (κ3) is 2.51. The summed E-state index contributed by atoms with van der Waals surface area (Å²) in [6.07, 6.45) is 1.28. The van der Waals surface area contributed by atoms with E-state index in [1.165, 1.54) is 0 Å². The van der Waals surface area contributed by atoms with E-state index in [0.717, 1.165) is 25.3 Å². The predicted molar refractivity (Wildman–Crippen MR) is 69.8 cm³/mol. The van der Waals surface area contributed by atoms with Crippen LogP contribution in [0.3, 0.4) is 0 Å². The van der Waals surface area contributed by atoms with Crippen molar-refractivity contribution in [3.63, 3.8) is 0 Å². The minimum atomic E-state index is 0.0967. The molecule has 2 heterocycles. The Bertz CT molecular complexity index is 401. The van der Waals surface area contributed by atoms with Gasteiger partial charge in [0.1, 0.15) is 0 Å². The van der Waals surface area contributed by atoms with Crippen molar-refractivity contribution >= 4 is 6.01 Å². The highest BCUT2D eigenvalue weighted by atomic mass is 16.5. The Morgan fingerprint density at radius 2 is 2.17 bits per heavy atom. The number of ether oxygens (including phenoxy) is 1. The van der Waals surface area contributed by atoms with Gasteiger partial charge in [-0.3, -0.25) is 0 Å². The average molecular weight is 253 g/mol. The minimum absolute atomic E-state index is 0.0967. The molecule has 5 heteroatoms. The number of anilines is 1. The van der Waals surface area contributed by atoms with Crippen LogP contribution in [0, 0.1) is 5.41 Å². The van der Waals surface area contributed by atoms with Gasteiger partial charge in [0.25, 0.3) is 0 Å². The zero-order valence-corrected chi connectivity index (χ0v) is 11.9. The van der Waals surface area contributed by atoms with Gasteiger partial charge in [-0.25, -0.2) is 0 Å². The molecule has 0 spiro atoms. The Morgan fingerprint density at radius 1 is 1.44 bits per heavy atom. The van der Waals surface area contributed by atoms with E-state index < -0.39 is 0 Å². The van der Waals surface area contributed by atoms with E-state index in [0.29, 0.717) is 18.0 Å². The number of aromatic nitrogens is 2. The Morgan fingerprint density at radius 3 is 2.67 bits per heavy atom. The normalized spacial score (nSPS) is 23.7. The topological polar surface area (TPSA) is 51.4 Å². The molecule has 18 heavy (non-hydrogen) atoms. The van der Waals surface area contributed by atoms with Gasteiger partial charge >= 0.3 is 6.01 Å². The number of nitrogens with zero attached hydrogens (tertiary/aromatic N) is 3. The van der Waals surface area contributed by atoms with Crippen molar-refractivity contribution in [2.24, 2.45) is 5.41 Å². The first kappa shape index (κ1) is 13.3. The lowest BCUT2D eigenvalue weighted by Crippen LogP contribution is -2.49. The van der Waals surface area contributed by atoms with Crippen LogP contribution >= 0.6 is 0 Å². The molecule has 1 atom stereocenters. The minimum Gasteiger partial charge on any atom is -0.381 e.